The second-order valence-corrected chi connectivity index (χ2v) is 11.5. The minimum atomic E-state index is -1.37. The molecule has 2 aliphatic rings. The Balaban J connectivity index is 1.50. The third-order valence-corrected chi connectivity index (χ3v) is 8.92. The number of non-ortho nitro benzene ring substituents is 1. The number of carbonyl (C=O) groups is 4. The first kappa shape index (κ1) is 31.3. The largest absolute Gasteiger partial charge is 0.461 e. The molecule has 230 valence electrons. The highest BCUT2D eigenvalue weighted by Gasteiger charge is 2.64. The number of nitrogens with zero attached hydrogens (tertiary/aromatic N) is 3. The number of nitro groups is 1. The first-order chi connectivity index (χ1) is 21.7. The van der Waals surface area contributed by atoms with E-state index in [0.29, 0.717) is 17.4 Å². The number of ether oxygens (including phenoxy) is 2. The molecule has 0 aliphatic carbocycles. The zero-order chi connectivity index (χ0) is 32.0. The van der Waals surface area contributed by atoms with Gasteiger partial charge in [-0.15, -0.1) is 11.8 Å². The van der Waals surface area contributed by atoms with Crippen LogP contribution in [0.2, 0.25) is 0 Å². The number of esters is 2. The predicted molar refractivity (Wildman–Crippen MR) is 166 cm³/mol. The maximum atomic E-state index is 14.1. The number of benzene rings is 3. The first-order valence-corrected chi connectivity index (χ1v) is 15.1. The second kappa shape index (κ2) is 13.7. The van der Waals surface area contributed by atoms with Gasteiger partial charge in [0.1, 0.15) is 24.0 Å². The summed E-state index contributed by atoms with van der Waals surface area (Å²) in [6.07, 6.45) is 1.50. The van der Waals surface area contributed by atoms with Crippen molar-refractivity contribution >= 4 is 47.8 Å². The van der Waals surface area contributed by atoms with Gasteiger partial charge >= 0.3 is 11.9 Å². The van der Waals surface area contributed by atoms with Gasteiger partial charge in [-0.3, -0.25) is 29.6 Å². The minimum absolute atomic E-state index is 0.0193. The third kappa shape index (κ3) is 6.55. The SMILES string of the molecule is CC(=O)OCC1=C(C(=O)OC(c2ccccc2)c2ccccc2)N2C(=O)C(CCC=O)(N=Cc3ccc([N+](=O)[O-])cc3)[C@H]2SC1. The van der Waals surface area contributed by atoms with E-state index in [4.69, 9.17) is 9.47 Å². The van der Waals surface area contributed by atoms with Gasteiger partial charge < -0.3 is 14.3 Å². The van der Waals surface area contributed by atoms with Gasteiger partial charge in [0.25, 0.3) is 11.6 Å². The summed E-state index contributed by atoms with van der Waals surface area (Å²) in [4.78, 5) is 67.7. The summed E-state index contributed by atoms with van der Waals surface area (Å²) in [6, 6.07) is 24.1. The molecule has 2 aliphatic heterocycles. The van der Waals surface area contributed by atoms with Crippen molar-refractivity contribution in [1.82, 2.24) is 4.90 Å². The number of rotatable bonds is 12. The highest BCUT2D eigenvalue weighted by atomic mass is 32.2. The summed E-state index contributed by atoms with van der Waals surface area (Å²) in [5, 5.41) is 10.4. The summed E-state index contributed by atoms with van der Waals surface area (Å²) >= 11 is 1.34. The Hall–Kier alpha value is -5.10. The average Bonchev–Trinajstić information content (AvgIpc) is 3.06. The first-order valence-electron chi connectivity index (χ1n) is 14.1. The van der Waals surface area contributed by atoms with Crippen LogP contribution in [0.3, 0.4) is 0 Å². The molecule has 11 nitrogen and oxygen atoms in total. The number of nitro benzene ring substituents is 1. The molecule has 1 amide bonds. The van der Waals surface area contributed by atoms with Crippen molar-refractivity contribution in [2.75, 3.05) is 12.4 Å². The summed E-state index contributed by atoms with van der Waals surface area (Å²) < 4.78 is 11.4. The van der Waals surface area contributed by atoms with Crippen LogP contribution in [0, 0.1) is 10.1 Å². The maximum Gasteiger partial charge on any atom is 0.356 e. The number of hydrogen-bond acceptors (Lipinski definition) is 10. The lowest BCUT2D eigenvalue weighted by atomic mass is 9.82. The highest BCUT2D eigenvalue weighted by Crippen LogP contribution is 2.50. The monoisotopic (exact) mass is 627 g/mol. The van der Waals surface area contributed by atoms with E-state index in [1.807, 2.05) is 60.7 Å². The molecule has 1 saturated heterocycles. The Morgan fingerprint density at radius 2 is 1.69 bits per heavy atom. The van der Waals surface area contributed by atoms with E-state index in [1.165, 1.54) is 54.1 Å². The molecular formula is C33H29N3O8S. The van der Waals surface area contributed by atoms with Crippen molar-refractivity contribution in [3.63, 3.8) is 0 Å². The molecule has 2 atom stereocenters. The Morgan fingerprint density at radius 1 is 1.07 bits per heavy atom. The van der Waals surface area contributed by atoms with E-state index in [9.17, 15) is 29.3 Å². The third-order valence-electron chi connectivity index (χ3n) is 7.49. The van der Waals surface area contributed by atoms with Crippen molar-refractivity contribution in [2.24, 2.45) is 4.99 Å². The number of amides is 1. The van der Waals surface area contributed by atoms with E-state index in [0.717, 1.165) is 11.1 Å². The van der Waals surface area contributed by atoms with E-state index in [-0.39, 0.29) is 36.6 Å². The van der Waals surface area contributed by atoms with Crippen LogP contribution in [-0.4, -0.2) is 63.4 Å². The van der Waals surface area contributed by atoms with Gasteiger partial charge in [0.05, 0.1) is 4.92 Å². The number of hydrogen-bond donors (Lipinski definition) is 0. The van der Waals surface area contributed by atoms with E-state index >= 15 is 0 Å². The number of carbonyl (C=O) groups excluding carboxylic acids is 4. The molecule has 12 heteroatoms. The molecule has 3 aromatic carbocycles. The molecule has 0 radical (unpaired) electrons. The van der Waals surface area contributed by atoms with Crippen LogP contribution in [0.25, 0.3) is 0 Å². The average molecular weight is 628 g/mol. The zero-order valence-electron chi connectivity index (χ0n) is 24.2. The molecule has 2 heterocycles. The van der Waals surface area contributed by atoms with Crippen LogP contribution in [0.15, 0.2) is 101 Å². The van der Waals surface area contributed by atoms with Gasteiger partial charge in [-0.2, -0.15) is 0 Å². The molecule has 0 spiro atoms. The molecule has 0 saturated carbocycles. The number of aliphatic imine (C=N–C) groups is 1. The second-order valence-electron chi connectivity index (χ2n) is 10.4. The molecule has 5 rings (SSSR count). The fraction of sp³-hybridized carbons (Fsp3) is 0.242. The molecular weight excluding hydrogens is 598 g/mol. The molecule has 0 N–H and O–H groups in total. The quantitative estimate of drug-likeness (QED) is 0.0690. The smallest absolute Gasteiger partial charge is 0.356 e. The van der Waals surface area contributed by atoms with E-state index in [2.05, 4.69) is 4.99 Å². The highest BCUT2D eigenvalue weighted by molar-refractivity contribution is 8.00. The van der Waals surface area contributed by atoms with Crippen molar-refractivity contribution in [3.05, 3.63) is 123 Å². The zero-order valence-corrected chi connectivity index (χ0v) is 25.1. The van der Waals surface area contributed by atoms with Gasteiger partial charge in [-0.1, -0.05) is 60.7 Å². The summed E-state index contributed by atoms with van der Waals surface area (Å²) in [5.74, 6) is -1.58. The van der Waals surface area contributed by atoms with Crippen LogP contribution in [0.1, 0.15) is 42.6 Å². The fourth-order valence-electron chi connectivity index (χ4n) is 5.27. The molecule has 0 bridgehead atoms. The molecule has 0 aromatic heterocycles. The van der Waals surface area contributed by atoms with Crippen molar-refractivity contribution < 1.29 is 33.6 Å². The van der Waals surface area contributed by atoms with Gasteiger partial charge in [0.15, 0.2) is 11.6 Å². The van der Waals surface area contributed by atoms with Crippen molar-refractivity contribution in [3.8, 4) is 0 Å². The number of β-lactam (4-membered cyclic amide) rings is 1. The predicted octanol–water partition coefficient (Wildman–Crippen LogP) is 4.80. The Morgan fingerprint density at radius 3 is 2.24 bits per heavy atom. The summed E-state index contributed by atoms with van der Waals surface area (Å²) in [6.45, 7) is 1.04. The molecule has 1 fully saturated rings. The van der Waals surface area contributed by atoms with Crippen LogP contribution in [-0.2, 0) is 28.7 Å². The standard InChI is InChI=1S/C33H29N3O8S/c1-22(38)43-20-26-21-45-32-33(17-8-18-37,34-19-23-13-15-27(16-14-23)36(41)42)31(40)35(32)28(26)30(39)44-29(24-9-4-2-5-10-24)25-11-6-3-7-12-25/h2-7,9-16,18-19,29,32H,8,17,20-21H2,1H3/t32-,33?/m1/s1. The van der Waals surface area contributed by atoms with Crippen molar-refractivity contribution in [1.29, 1.82) is 0 Å². The van der Waals surface area contributed by atoms with Gasteiger partial charge in [0.2, 0.25) is 0 Å². The van der Waals surface area contributed by atoms with Gasteiger partial charge in [0, 0.05) is 43.0 Å². The number of aldehydes is 1. The molecule has 45 heavy (non-hydrogen) atoms. The molecule has 3 aromatic rings. The van der Waals surface area contributed by atoms with Gasteiger partial charge in [-0.05, 0) is 35.2 Å². The van der Waals surface area contributed by atoms with Crippen molar-refractivity contribution in [2.45, 2.75) is 36.8 Å². The Bertz CT molecular complexity index is 1620. The lowest BCUT2D eigenvalue weighted by molar-refractivity contribution is -0.384. The van der Waals surface area contributed by atoms with E-state index in [1.54, 1.807) is 0 Å². The van der Waals surface area contributed by atoms with Crippen LogP contribution < -0.4 is 0 Å². The molecule has 1 unspecified atom stereocenters. The van der Waals surface area contributed by atoms with Gasteiger partial charge in [-0.25, -0.2) is 4.79 Å². The summed E-state index contributed by atoms with van der Waals surface area (Å²) in [7, 11) is 0. The Labute approximate surface area is 263 Å². The fourth-order valence-corrected chi connectivity index (χ4v) is 6.76. The summed E-state index contributed by atoms with van der Waals surface area (Å²) in [5.41, 5.74) is 0.909. The minimum Gasteiger partial charge on any atom is -0.461 e. The normalized spacial score (nSPS) is 19.2. The van der Waals surface area contributed by atoms with Crippen LogP contribution in [0.5, 0.6) is 0 Å². The lowest BCUT2D eigenvalue weighted by Gasteiger charge is -2.55. The Kier molecular flexibility index (Phi) is 9.53. The van der Waals surface area contributed by atoms with Crippen LogP contribution in [0.4, 0.5) is 5.69 Å². The number of fused-ring (bicyclic) bond motifs is 1. The number of thioether (sulfide) groups is 1. The topological polar surface area (TPSA) is 145 Å². The lowest BCUT2D eigenvalue weighted by Crippen LogP contribution is -2.73. The van der Waals surface area contributed by atoms with Crippen LogP contribution >= 0.6 is 11.8 Å². The van der Waals surface area contributed by atoms with E-state index < -0.39 is 39.8 Å². The maximum absolute atomic E-state index is 14.1.